The first kappa shape index (κ1) is 27.1. The summed E-state index contributed by atoms with van der Waals surface area (Å²) in [5, 5.41) is 18.2. The van der Waals surface area contributed by atoms with Crippen LogP contribution in [-0.4, -0.2) is 36.4 Å². The minimum atomic E-state index is -1.09. The van der Waals surface area contributed by atoms with Crippen molar-refractivity contribution in [2.75, 3.05) is 14.2 Å². The van der Waals surface area contributed by atoms with Gasteiger partial charge in [-0.15, -0.1) is 0 Å². The predicted molar refractivity (Wildman–Crippen MR) is 143 cm³/mol. The first-order valence-corrected chi connectivity index (χ1v) is 12.0. The lowest BCUT2D eigenvalue weighted by Crippen LogP contribution is -2.36. The number of hydrogen-bond donors (Lipinski definition) is 2. The average molecular weight is 529 g/mol. The smallest absolute Gasteiger partial charge is 0.338 e. The molecule has 4 aromatic carbocycles. The standard InChI is InChI=1S/C22H18O4.C9H10O4/c1-15-13-19-20(14-18(15)21(23)24-2)26-22(25-19,16-9-5-3-6-10-16)17-11-7-4-8-12-17;1-5-3-7(10)8(11)4-6(5)9(12)13-2/h3-14H,1-2H3;3-4,10-11H,1-2H3. The van der Waals surface area contributed by atoms with Crippen molar-refractivity contribution in [1.82, 2.24) is 0 Å². The molecule has 0 unspecified atom stereocenters. The van der Waals surface area contributed by atoms with Crippen LogP contribution in [0.5, 0.6) is 23.0 Å². The zero-order chi connectivity index (χ0) is 28.2. The van der Waals surface area contributed by atoms with Gasteiger partial charge in [-0.25, -0.2) is 9.59 Å². The average Bonchev–Trinajstić information content (AvgIpc) is 3.34. The maximum atomic E-state index is 12.0. The Morgan fingerprint density at radius 1 is 0.641 bits per heavy atom. The fraction of sp³-hybridized carbons (Fsp3) is 0.161. The fourth-order valence-corrected chi connectivity index (χ4v) is 4.21. The van der Waals surface area contributed by atoms with E-state index >= 15 is 0 Å². The van der Waals surface area contributed by atoms with Crippen molar-refractivity contribution in [2.24, 2.45) is 0 Å². The van der Waals surface area contributed by atoms with Crippen LogP contribution in [-0.2, 0) is 15.3 Å². The normalized spacial score (nSPS) is 12.6. The van der Waals surface area contributed by atoms with Crippen LogP contribution in [0, 0.1) is 13.8 Å². The molecule has 1 aliphatic heterocycles. The van der Waals surface area contributed by atoms with E-state index in [4.69, 9.17) is 24.4 Å². The summed E-state index contributed by atoms with van der Waals surface area (Å²) in [5.41, 5.74) is 3.79. The summed E-state index contributed by atoms with van der Waals surface area (Å²) in [7, 11) is 2.62. The molecule has 0 aromatic heterocycles. The molecule has 2 N–H and O–H groups in total. The van der Waals surface area contributed by atoms with Crippen molar-refractivity contribution in [3.8, 4) is 23.0 Å². The summed E-state index contributed by atoms with van der Waals surface area (Å²) in [6, 6.07) is 25.5. The van der Waals surface area contributed by atoms with E-state index in [0.717, 1.165) is 16.7 Å². The molecule has 0 fully saturated rings. The molecule has 0 amide bonds. The SMILES string of the molecule is COC(=O)c1cc(O)c(O)cc1C.COC(=O)c1cc2c(cc1C)OC(c1ccccc1)(c1ccccc1)O2. The van der Waals surface area contributed by atoms with Gasteiger partial charge in [0.25, 0.3) is 0 Å². The highest BCUT2D eigenvalue weighted by Gasteiger charge is 2.45. The van der Waals surface area contributed by atoms with E-state index in [-0.39, 0.29) is 17.1 Å². The van der Waals surface area contributed by atoms with Gasteiger partial charge < -0.3 is 29.2 Å². The molecule has 0 atom stereocenters. The Morgan fingerprint density at radius 3 is 1.54 bits per heavy atom. The lowest BCUT2D eigenvalue weighted by atomic mass is 9.97. The number of phenols is 2. The van der Waals surface area contributed by atoms with Gasteiger partial charge in [-0.05, 0) is 49.2 Å². The number of rotatable bonds is 4. The molecular weight excluding hydrogens is 500 g/mol. The molecule has 8 heteroatoms. The second-order valence-corrected chi connectivity index (χ2v) is 8.81. The van der Waals surface area contributed by atoms with Gasteiger partial charge in [0.2, 0.25) is 0 Å². The quantitative estimate of drug-likeness (QED) is 0.258. The third-order valence-corrected chi connectivity index (χ3v) is 6.24. The van der Waals surface area contributed by atoms with Crippen LogP contribution in [0.15, 0.2) is 84.9 Å². The zero-order valence-electron chi connectivity index (χ0n) is 21.9. The molecule has 200 valence electrons. The Bertz CT molecular complexity index is 1460. The molecule has 0 spiro atoms. The van der Waals surface area contributed by atoms with Crippen molar-refractivity contribution in [1.29, 1.82) is 0 Å². The lowest BCUT2D eigenvalue weighted by molar-refractivity contribution is -0.0459. The molecule has 0 saturated heterocycles. The summed E-state index contributed by atoms with van der Waals surface area (Å²) in [6.45, 7) is 3.49. The monoisotopic (exact) mass is 528 g/mol. The molecule has 4 aromatic rings. The summed E-state index contributed by atoms with van der Waals surface area (Å²) in [6.07, 6.45) is 0. The van der Waals surface area contributed by atoms with E-state index in [1.807, 2.05) is 73.7 Å². The second-order valence-electron chi connectivity index (χ2n) is 8.81. The minimum absolute atomic E-state index is 0.245. The van der Waals surface area contributed by atoms with E-state index in [1.165, 1.54) is 26.4 Å². The molecule has 8 nitrogen and oxygen atoms in total. The molecule has 1 heterocycles. The number of phenolic OH excluding ortho intramolecular Hbond substituents is 2. The van der Waals surface area contributed by atoms with Crippen LogP contribution in [0.25, 0.3) is 0 Å². The van der Waals surface area contributed by atoms with Crippen LogP contribution in [0.3, 0.4) is 0 Å². The topological polar surface area (TPSA) is 112 Å². The highest BCUT2D eigenvalue weighted by Crippen LogP contribution is 2.48. The van der Waals surface area contributed by atoms with E-state index in [9.17, 15) is 9.59 Å². The third kappa shape index (κ3) is 5.36. The number of esters is 2. The number of ether oxygens (including phenoxy) is 4. The molecule has 0 bridgehead atoms. The Hall–Kier alpha value is -4.98. The number of carbonyl (C=O) groups excluding carboxylic acids is 2. The first-order chi connectivity index (χ1) is 18.7. The number of fused-ring (bicyclic) bond motifs is 1. The Morgan fingerprint density at radius 2 is 1.05 bits per heavy atom. The van der Waals surface area contributed by atoms with Gasteiger partial charge in [-0.2, -0.15) is 0 Å². The van der Waals surface area contributed by atoms with Crippen LogP contribution < -0.4 is 9.47 Å². The number of aromatic hydroxyl groups is 2. The van der Waals surface area contributed by atoms with Gasteiger partial charge >= 0.3 is 17.7 Å². The van der Waals surface area contributed by atoms with Gasteiger partial charge in [0, 0.05) is 11.1 Å². The predicted octanol–water partition coefficient (Wildman–Crippen LogP) is 5.65. The van der Waals surface area contributed by atoms with E-state index < -0.39 is 17.7 Å². The third-order valence-electron chi connectivity index (χ3n) is 6.24. The van der Waals surface area contributed by atoms with Crippen molar-refractivity contribution < 1.29 is 38.7 Å². The first-order valence-electron chi connectivity index (χ1n) is 12.0. The Labute approximate surface area is 226 Å². The van der Waals surface area contributed by atoms with Crippen LogP contribution >= 0.6 is 0 Å². The number of methoxy groups -OCH3 is 2. The maximum absolute atomic E-state index is 12.0. The molecule has 1 aliphatic rings. The lowest BCUT2D eigenvalue weighted by Gasteiger charge is -2.28. The highest BCUT2D eigenvalue weighted by atomic mass is 16.7. The largest absolute Gasteiger partial charge is 0.504 e. The van der Waals surface area contributed by atoms with Gasteiger partial charge in [0.15, 0.2) is 23.0 Å². The molecule has 5 rings (SSSR count). The van der Waals surface area contributed by atoms with Crippen molar-refractivity contribution >= 4 is 11.9 Å². The van der Waals surface area contributed by atoms with Crippen molar-refractivity contribution in [3.05, 3.63) is 118 Å². The molecule has 0 aliphatic carbocycles. The van der Waals surface area contributed by atoms with Crippen molar-refractivity contribution in [2.45, 2.75) is 19.6 Å². The number of carbonyl (C=O) groups is 2. The van der Waals surface area contributed by atoms with Crippen LogP contribution in [0.1, 0.15) is 43.0 Å². The Kier molecular flexibility index (Phi) is 7.76. The summed E-state index contributed by atoms with van der Waals surface area (Å²) in [5.74, 6) is -1.48. The van der Waals surface area contributed by atoms with Crippen molar-refractivity contribution in [3.63, 3.8) is 0 Å². The summed E-state index contributed by atoms with van der Waals surface area (Å²) < 4.78 is 22.0. The second kappa shape index (κ2) is 11.2. The highest BCUT2D eigenvalue weighted by molar-refractivity contribution is 5.92. The van der Waals surface area contributed by atoms with E-state index in [0.29, 0.717) is 22.6 Å². The van der Waals surface area contributed by atoms with Crippen LogP contribution in [0.4, 0.5) is 0 Å². The van der Waals surface area contributed by atoms with Gasteiger partial charge in [0.05, 0.1) is 25.3 Å². The number of benzene rings is 4. The summed E-state index contributed by atoms with van der Waals surface area (Å²) in [4.78, 5) is 23.1. The van der Waals surface area contributed by atoms with Gasteiger partial charge in [-0.1, -0.05) is 60.7 Å². The molecule has 0 saturated carbocycles. The minimum Gasteiger partial charge on any atom is -0.504 e. The molecular formula is C31H28O8. The van der Waals surface area contributed by atoms with E-state index in [2.05, 4.69) is 4.74 Å². The van der Waals surface area contributed by atoms with Crippen LogP contribution in [0.2, 0.25) is 0 Å². The van der Waals surface area contributed by atoms with Gasteiger partial charge in [-0.3, -0.25) is 0 Å². The number of aryl methyl sites for hydroxylation is 2. The Balaban J connectivity index is 0.000000229. The zero-order valence-corrected chi connectivity index (χ0v) is 21.9. The number of hydrogen-bond acceptors (Lipinski definition) is 8. The summed E-state index contributed by atoms with van der Waals surface area (Å²) >= 11 is 0. The molecule has 0 radical (unpaired) electrons. The van der Waals surface area contributed by atoms with Gasteiger partial charge in [0.1, 0.15) is 0 Å². The fourth-order valence-electron chi connectivity index (χ4n) is 4.21. The van der Waals surface area contributed by atoms with E-state index in [1.54, 1.807) is 13.0 Å². The molecule has 39 heavy (non-hydrogen) atoms. The maximum Gasteiger partial charge on any atom is 0.338 e.